The fourth-order valence-corrected chi connectivity index (χ4v) is 10.1. The summed E-state index contributed by atoms with van der Waals surface area (Å²) in [5.74, 6) is 0.0899. The number of hydrogen-bond donors (Lipinski definition) is 2. The fourth-order valence-electron chi connectivity index (χ4n) is 7.04. The minimum absolute atomic E-state index is 0. The van der Waals surface area contributed by atoms with Gasteiger partial charge in [-0.1, -0.05) is 38.1 Å². The van der Waals surface area contributed by atoms with Crippen molar-refractivity contribution in [1.82, 2.24) is 14.5 Å². The predicted molar refractivity (Wildman–Crippen MR) is 244 cm³/mol. The number of carbonyl (C=O) groups is 2. The Morgan fingerprint density at radius 3 is 2.30 bits per heavy atom. The lowest BCUT2D eigenvalue weighted by molar-refractivity contribution is -0.150. The molecule has 3 aromatic rings. The zero-order valence-electron chi connectivity index (χ0n) is 36.7. The number of benzene rings is 3. The van der Waals surface area contributed by atoms with Crippen molar-refractivity contribution in [2.75, 3.05) is 60.5 Å². The number of esters is 1. The average molecular weight is 1030 g/mol. The molecule has 20 heteroatoms. The van der Waals surface area contributed by atoms with Crippen LogP contribution in [-0.2, 0) is 55.8 Å². The molecule has 2 heterocycles. The van der Waals surface area contributed by atoms with Gasteiger partial charge in [-0.3, -0.25) is 4.52 Å². The van der Waals surface area contributed by atoms with Crippen molar-refractivity contribution in [3.63, 3.8) is 0 Å². The van der Waals surface area contributed by atoms with E-state index in [9.17, 15) is 27.7 Å². The van der Waals surface area contributed by atoms with Crippen molar-refractivity contribution in [2.24, 2.45) is 11.8 Å². The molecule has 2 aliphatic rings. The Labute approximate surface area is 387 Å². The van der Waals surface area contributed by atoms with Gasteiger partial charge in [0.15, 0.2) is 12.4 Å². The molecule has 0 aliphatic carbocycles. The number of nitrogens with zero attached hydrogens (tertiary/aromatic N) is 2. The highest BCUT2D eigenvalue weighted by Crippen LogP contribution is 2.50. The molecular weight excluding hydrogens is 972 g/mol. The fraction of sp³-hybridized carbons (Fsp3) is 0.535. The van der Waals surface area contributed by atoms with Gasteiger partial charge in [0.2, 0.25) is 16.4 Å². The smallest absolute Gasteiger partial charge is 0.417 e. The molecule has 17 nitrogen and oxygen atoms in total. The molecule has 0 bridgehead atoms. The Bertz CT molecular complexity index is 2080. The third kappa shape index (κ3) is 15.3. The van der Waals surface area contributed by atoms with Crippen LogP contribution >= 0.6 is 31.6 Å². The SMILES string of the molecule is CCOC(=O)C(C)OP(=O)(COc1ccc(C[C@H](NC(=O)O[C@H]2CO[C@H]3OCC[C@H]32)[C@H](O)CN(CC(C)C)S(=O)(=O)c2ccc(OC)cc2)cc1)Oc1cccc(CN(C)C)c1.I. The number of aliphatic hydroxyl groups excluding tert-OH is 1. The molecule has 1 amide bonds. The first kappa shape index (κ1) is 52.1. The highest BCUT2D eigenvalue weighted by atomic mass is 127. The van der Waals surface area contributed by atoms with Crippen LogP contribution in [0.15, 0.2) is 77.7 Å². The lowest BCUT2D eigenvalue weighted by Crippen LogP contribution is -2.51. The summed E-state index contributed by atoms with van der Waals surface area (Å²) in [5.41, 5.74) is 1.53. The van der Waals surface area contributed by atoms with E-state index in [4.69, 9.17) is 37.5 Å². The van der Waals surface area contributed by atoms with E-state index in [2.05, 4.69) is 5.32 Å². The largest absolute Gasteiger partial charge is 0.497 e. The second-order valence-corrected chi connectivity index (χ2v) is 19.7. The number of rotatable bonds is 23. The van der Waals surface area contributed by atoms with Gasteiger partial charge in [-0.25, -0.2) is 22.6 Å². The number of ether oxygens (including phenoxy) is 6. The van der Waals surface area contributed by atoms with Gasteiger partial charge in [0, 0.05) is 19.6 Å². The number of halogens is 1. The lowest BCUT2D eigenvalue weighted by atomic mass is 10.0. The number of fused-ring (bicyclic) bond motifs is 1. The predicted octanol–water partition coefficient (Wildman–Crippen LogP) is 6.06. The van der Waals surface area contributed by atoms with Gasteiger partial charge < -0.3 is 48.3 Å². The molecule has 63 heavy (non-hydrogen) atoms. The minimum atomic E-state index is -4.15. The zero-order chi connectivity index (χ0) is 45.0. The maximum atomic E-state index is 14.2. The third-order valence-electron chi connectivity index (χ3n) is 10.0. The van der Waals surface area contributed by atoms with Gasteiger partial charge in [0.25, 0.3) is 0 Å². The van der Waals surface area contributed by atoms with E-state index in [0.29, 0.717) is 30.9 Å². The number of aliphatic hydroxyl groups is 1. The second-order valence-electron chi connectivity index (χ2n) is 15.9. The summed E-state index contributed by atoms with van der Waals surface area (Å²) in [5, 5.41) is 14.6. The number of amides is 1. The number of alkyl carbamates (subject to hydrolysis) is 1. The summed E-state index contributed by atoms with van der Waals surface area (Å²) in [6.07, 6.45) is -4.28. The van der Waals surface area contributed by atoms with Crippen LogP contribution in [0.1, 0.15) is 45.2 Å². The number of methoxy groups -OCH3 is 1. The number of carbonyl (C=O) groups excluding carboxylic acids is 2. The molecule has 0 saturated carbocycles. The van der Waals surface area contributed by atoms with Crippen molar-refractivity contribution in [2.45, 2.75) is 82.6 Å². The van der Waals surface area contributed by atoms with Gasteiger partial charge in [0.1, 0.15) is 23.4 Å². The van der Waals surface area contributed by atoms with Crippen molar-refractivity contribution in [3.8, 4) is 17.2 Å². The highest BCUT2D eigenvalue weighted by molar-refractivity contribution is 14.0. The van der Waals surface area contributed by atoms with Crippen LogP contribution in [-0.4, -0.2) is 126 Å². The van der Waals surface area contributed by atoms with E-state index < -0.39 is 66.7 Å². The molecule has 2 unspecified atom stereocenters. The Balaban J connectivity index is 0.00000871. The van der Waals surface area contributed by atoms with Crippen LogP contribution in [0.25, 0.3) is 0 Å². The molecule has 0 spiro atoms. The molecule has 0 aromatic heterocycles. The Morgan fingerprint density at radius 1 is 0.952 bits per heavy atom. The van der Waals surface area contributed by atoms with Gasteiger partial charge in [-0.2, -0.15) is 4.31 Å². The normalized spacial score (nSPS) is 19.6. The molecule has 7 atom stereocenters. The topological polar surface area (TPSA) is 198 Å². The van der Waals surface area contributed by atoms with Gasteiger partial charge in [-0.15, -0.1) is 24.0 Å². The van der Waals surface area contributed by atoms with Gasteiger partial charge in [0.05, 0.1) is 49.9 Å². The van der Waals surface area contributed by atoms with Crippen molar-refractivity contribution >= 4 is 53.7 Å². The van der Waals surface area contributed by atoms with Crippen molar-refractivity contribution in [1.29, 1.82) is 0 Å². The number of hydrogen-bond acceptors (Lipinski definition) is 15. The summed E-state index contributed by atoms with van der Waals surface area (Å²) in [6, 6.07) is 18.5. The molecule has 0 radical (unpaired) electrons. The molecule has 2 saturated heterocycles. The Morgan fingerprint density at radius 2 is 1.65 bits per heavy atom. The molecule has 2 N–H and O–H groups in total. The molecule has 5 rings (SSSR count). The monoisotopic (exact) mass is 1030 g/mol. The van der Waals surface area contributed by atoms with Gasteiger partial charge >= 0.3 is 19.7 Å². The first-order valence-corrected chi connectivity index (χ1v) is 23.8. The first-order valence-electron chi connectivity index (χ1n) is 20.6. The standard InChI is InChI=1S/C43H60N3O14PS.HI/c1-8-54-41(48)30(4)59-61(50,60-35-11-9-10-32(22-35)25-45(5)6)28-57-34-14-12-31(13-15-34)23-38(44-43(49)58-40-27-56-42-37(40)20-21-55-42)39(47)26-46(24-29(2)3)62(51,52)36-18-16-33(53-7)17-19-36;/h9-19,22,29-30,37-40,42,47H,8,20-21,23-28H2,1-7H3,(H,44,49);1H/t30?,37-,38-,39+,40-,42+,61?;/m0./s1. The van der Waals surface area contributed by atoms with Crippen molar-refractivity contribution < 1.29 is 65.1 Å². The number of sulfonamides is 1. The highest BCUT2D eigenvalue weighted by Gasteiger charge is 2.44. The summed E-state index contributed by atoms with van der Waals surface area (Å²) in [4.78, 5) is 27.9. The van der Waals surface area contributed by atoms with E-state index in [0.717, 1.165) is 5.56 Å². The summed E-state index contributed by atoms with van der Waals surface area (Å²) in [6.45, 7) is 7.89. The zero-order valence-corrected chi connectivity index (χ0v) is 40.8. The number of nitrogens with one attached hydrogen (secondary N) is 1. The summed E-state index contributed by atoms with van der Waals surface area (Å²) >= 11 is 0. The van der Waals surface area contributed by atoms with Crippen LogP contribution in [0.5, 0.6) is 17.2 Å². The minimum Gasteiger partial charge on any atom is -0.497 e. The summed E-state index contributed by atoms with van der Waals surface area (Å²) in [7, 11) is -2.92. The van der Waals surface area contributed by atoms with Gasteiger partial charge in [-0.05, 0) is 106 Å². The second kappa shape index (κ2) is 24.1. The Hall–Kier alpha value is -3.53. The summed E-state index contributed by atoms with van der Waals surface area (Å²) < 4.78 is 88.1. The van der Waals surface area contributed by atoms with E-state index in [1.807, 2.05) is 38.9 Å². The third-order valence-corrected chi connectivity index (χ3v) is 13.4. The Kier molecular flexibility index (Phi) is 19.9. The van der Waals surface area contributed by atoms with E-state index >= 15 is 0 Å². The quantitative estimate of drug-likeness (QED) is 0.0631. The molecular formula is C43H61IN3O14PS. The van der Waals surface area contributed by atoms with Crippen LogP contribution in [0, 0.1) is 11.8 Å². The van der Waals surface area contributed by atoms with E-state index in [-0.39, 0.29) is 84.9 Å². The van der Waals surface area contributed by atoms with Crippen LogP contribution < -0.4 is 19.3 Å². The molecule has 2 aliphatic heterocycles. The van der Waals surface area contributed by atoms with Crippen LogP contribution in [0.2, 0.25) is 0 Å². The maximum Gasteiger partial charge on any atom is 0.417 e. The molecule has 3 aromatic carbocycles. The average Bonchev–Trinajstić information content (AvgIpc) is 3.85. The van der Waals surface area contributed by atoms with E-state index in [1.54, 1.807) is 61.5 Å². The van der Waals surface area contributed by atoms with Crippen LogP contribution in [0.4, 0.5) is 4.79 Å². The van der Waals surface area contributed by atoms with E-state index in [1.165, 1.54) is 30.5 Å². The molecule has 350 valence electrons. The molecule has 2 fully saturated rings. The maximum absolute atomic E-state index is 14.2. The lowest BCUT2D eigenvalue weighted by Gasteiger charge is -2.31. The first-order chi connectivity index (χ1) is 29.5. The van der Waals surface area contributed by atoms with Crippen LogP contribution in [0.3, 0.4) is 0 Å². The van der Waals surface area contributed by atoms with Crippen molar-refractivity contribution in [3.05, 3.63) is 83.9 Å².